The van der Waals surface area contributed by atoms with Crippen LogP contribution in [0.2, 0.25) is 0 Å². The maximum Gasteiger partial charge on any atom is 0.410 e. The third kappa shape index (κ3) is 4.08. The first-order valence-electron chi connectivity index (χ1n) is 10.1. The van der Waals surface area contributed by atoms with Gasteiger partial charge < -0.3 is 15.0 Å². The van der Waals surface area contributed by atoms with Gasteiger partial charge in [-0.15, -0.1) is 0 Å². The number of rotatable bonds is 5. The summed E-state index contributed by atoms with van der Waals surface area (Å²) >= 11 is 0. The number of alkyl halides is 3. The van der Waals surface area contributed by atoms with Crippen LogP contribution in [-0.2, 0) is 4.79 Å². The predicted molar refractivity (Wildman–Crippen MR) is 103 cm³/mol. The van der Waals surface area contributed by atoms with Gasteiger partial charge in [0.2, 0.25) is 0 Å². The van der Waals surface area contributed by atoms with Gasteiger partial charge >= 0.3 is 6.18 Å². The number of hydrogen-bond donors (Lipinski definition) is 1. The molecule has 1 N–H and O–H groups in total. The lowest BCUT2D eigenvalue weighted by Crippen LogP contribution is -2.39. The van der Waals surface area contributed by atoms with E-state index in [1.54, 1.807) is 29.3 Å². The second-order valence-electron chi connectivity index (χ2n) is 7.66. The minimum absolute atomic E-state index is 0.0552. The van der Waals surface area contributed by atoms with Crippen LogP contribution >= 0.6 is 0 Å². The lowest BCUT2D eigenvalue weighted by atomic mass is 10.0. The van der Waals surface area contributed by atoms with Crippen molar-refractivity contribution in [1.82, 2.24) is 19.7 Å². The van der Waals surface area contributed by atoms with E-state index < -0.39 is 12.2 Å². The first kappa shape index (κ1) is 20.5. The van der Waals surface area contributed by atoms with E-state index in [0.29, 0.717) is 36.6 Å². The third-order valence-corrected chi connectivity index (χ3v) is 5.69. The predicted octanol–water partition coefficient (Wildman–Crippen LogP) is 3.72. The topological polar surface area (TPSA) is 72.3 Å². The first-order chi connectivity index (χ1) is 14.4. The van der Waals surface area contributed by atoms with Gasteiger partial charge in [-0.05, 0) is 37.8 Å². The Morgan fingerprint density at radius 3 is 2.93 bits per heavy atom. The molecule has 162 valence electrons. The minimum atomic E-state index is -4.38. The van der Waals surface area contributed by atoms with E-state index in [-0.39, 0.29) is 31.0 Å². The summed E-state index contributed by atoms with van der Waals surface area (Å²) in [5.74, 6) is 0.623. The summed E-state index contributed by atoms with van der Waals surface area (Å²) in [5, 5.41) is 7.44. The molecule has 0 radical (unpaired) electrons. The molecule has 0 spiro atoms. The van der Waals surface area contributed by atoms with Gasteiger partial charge in [0.15, 0.2) is 12.6 Å². The molecule has 0 aromatic carbocycles. The molecule has 10 heteroatoms. The fourth-order valence-electron chi connectivity index (χ4n) is 4.13. The van der Waals surface area contributed by atoms with Gasteiger partial charge in [0.1, 0.15) is 11.6 Å². The Morgan fingerprint density at radius 1 is 1.40 bits per heavy atom. The quantitative estimate of drug-likeness (QED) is 0.794. The second-order valence-corrected chi connectivity index (χ2v) is 7.66. The molecular formula is C20H24F3N5O2. The number of fused-ring (bicyclic) bond motifs is 1. The van der Waals surface area contributed by atoms with Gasteiger partial charge in [-0.1, -0.05) is 6.92 Å². The largest absolute Gasteiger partial charge is 0.482 e. The molecule has 2 aromatic heterocycles. The number of nitrogens with zero attached hydrogens (tertiary/aromatic N) is 4. The molecule has 3 atom stereocenters. The molecule has 1 amide bonds. The van der Waals surface area contributed by atoms with Crippen LogP contribution in [0.1, 0.15) is 50.4 Å². The summed E-state index contributed by atoms with van der Waals surface area (Å²) in [6.45, 7) is 2.23. The molecule has 4 rings (SSSR count). The average molecular weight is 423 g/mol. The molecule has 2 aromatic rings. The van der Waals surface area contributed by atoms with E-state index in [4.69, 9.17) is 4.74 Å². The number of hydrogen-bond acceptors (Lipinski definition) is 5. The van der Waals surface area contributed by atoms with E-state index in [9.17, 15) is 18.0 Å². The van der Waals surface area contributed by atoms with Crippen LogP contribution in [0.3, 0.4) is 0 Å². The average Bonchev–Trinajstić information content (AvgIpc) is 3.37. The number of amides is 1. The van der Waals surface area contributed by atoms with E-state index in [1.165, 1.54) is 6.20 Å². The highest BCUT2D eigenvalue weighted by molar-refractivity contribution is 5.78. The maximum absolute atomic E-state index is 13.6. The van der Waals surface area contributed by atoms with Gasteiger partial charge in [-0.2, -0.15) is 18.3 Å². The molecule has 2 aliphatic rings. The number of carbonyl (C=O) groups excluding carboxylic acids is 1. The summed E-state index contributed by atoms with van der Waals surface area (Å²) in [6.07, 6.45) is 0.702. The van der Waals surface area contributed by atoms with E-state index in [2.05, 4.69) is 15.4 Å². The van der Waals surface area contributed by atoms with Crippen molar-refractivity contribution >= 4 is 11.7 Å². The van der Waals surface area contributed by atoms with Crippen molar-refractivity contribution in [2.75, 3.05) is 18.5 Å². The number of carbonyl (C=O) groups is 1. The minimum Gasteiger partial charge on any atom is -0.482 e. The Balaban J connectivity index is 1.52. The number of nitrogens with one attached hydrogen (secondary N) is 1. The van der Waals surface area contributed by atoms with E-state index in [1.807, 2.05) is 6.92 Å². The van der Waals surface area contributed by atoms with E-state index in [0.717, 1.165) is 11.1 Å². The third-order valence-electron chi connectivity index (χ3n) is 5.69. The molecule has 1 unspecified atom stereocenters. The summed E-state index contributed by atoms with van der Waals surface area (Å²) in [4.78, 5) is 18.3. The zero-order chi connectivity index (χ0) is 21.3. The van der Waals surface area contributed by atoms with Crippen LogP contribution in [0, 0.1) is 0 Å². The number of anilines is 1. The zero-order valence-electron chi connectivity index (χ0n) is 16.6. The van der Waals surface area contributed by atoms with Crippen LogP contribution in [0.15, 0.2) is 30.6 Å². The van der Waals surface area contributed by atoms with Crippen LogP contribution in [0.4, 0.5) is 19.0 Å². The fourth-order valence-corrected chi connectivity index (χ4v) is 4.13. The summed E-state index contributed by atoms with van der Waals surface area (Å²) in [7, 11) is 0. The Labute approximate surface area is 172 Å². The molecule has 0 aliphatic carbocycles. The molecule has 30 heavy (non-hydrogen) atoms. The van der Waals surface area contributed by atoms with Crippen molar-refractivity contribution < 1.29 is 22.7 Å². The summed E-state index contributed by atoms with van der Waals surface area (Å²) < 4.78 is 47.4. The van der Waals surface area contributed by atoms with Crippen LogP contribution in [0.5, 0.6) is 5.75 Å². The molecule has 7 nitrogen and oxygen atoms in total. The fraction of sp³-hybridized carbons (Fsp3) is 0.550. The standard InChI is InChI=1S/C20H24F3N5O2/c1-2-13-9-17(20(21,22)23)28-18(25-13)10-15(26-28)16-6-4-8-27(16)19(29)12-30-14-5-3-7-24-11-14/h3,5,7,10-11,13,16-17,25H,2,4,6,8-9,12H2,1H3/t13-,16?,17-/m1/s1. The smallest absolute Gasteiger partial charge is 0.410 e. The molecule has 1 fully saturated rings. The number of likely N-dealkylation sites (tertiary alicyclic amines) is 1. The Morgan fingerprint density at radius 2 is 2.23 bits per heavy atom. The SMILES string of the molecule is CC[C@@H]1C[C@H](C(F)(F)F)n2nc(C3CCCN3C(=O)COc3cccnc3)cc2N1. The van der Waals surface area contributed by atoms with Crippen molar-refractivity contribution in [3.05, 3.63) is 36.3 Å². The van der Waals surface area contributed by atoms with Gasteiger partial charge in [0, 0.05) is 24.8 Å². The highest BCUT2D eigenvalue weighted by Gasteiger charge is 2.46. The van der Waals surface area contributed by atoms with Crippen LogP contribution in [-0.4, -0.2) is 50.9 Å². The highest BCUT2D eigenvalue weighted by atomic mass is 19.4. The van der Waals surface area contributed by atoms with Crippen molar-refractivity contribution in [2.45, 2.75) is 56.9 Å². The Kier molecular flexibility index (Phi) is 5.57. The Hall–Kier alpha value is -2.78. The van der Waals surface area contributed by atoms with Crippen molar-refractivity contribution in [3.8, 4) is 5.75 Å². The van der Waals surface area contributed by atoms with Crippen LogP contribution in [0.25, 0.3) is 0 Å². The summed E-state index contributed by atoms with van der Waals surface area (Å²) in [6, 6.07) is 2.79. The number of halogens is 3. The number of ether oxygens (including phenoxy) is 1. The van der Waals surface area contributed by atoms with Crippen LogP contribution < -0.4 is 10.1 Å². The lowest BCUT2D eigenvalue weighted by Gasteiger charge is -2.32. The lowest BCUT2D eigenvalue weighted by molar-refractivity contribution is -0.173. The summed E-state index contributed by atoms with van der Waals surface area (Å²) in [5.41, 5.74) is 0.482. The maximum atomic E-state index is 13.6. The van der Waals surface area contributed by atoms with Crippen molar-refractivity contribution in [1.29, 1.82) is 0 Å². The van der Waals surface area contributed by atoms with E-state index >= 15 is 0 Å². The van der Waals surface area contributed by atoms with Gasteiger partial charge in [0.05, 0.1) is 17.9 Å². The van der Waals surface area contributed by atoms with Crippen molar-refractivity contribution in [3.63, 3.8) is 0 Å². The molecule has 0 bridgehead atoms. The zero-order valence-corrected chi connectivity index (χ0v) is 16.6. The highest BCUT2D eigenvalue weighted by Crippen LogP contribution is 2.42. The number of aromatic nitrogens is 3. The molecule has 4 heterocycles. The second kappa shape index (κ2) is 8.16. The molecule has 2 aliphatic heterocycles. The molecule has 1 saturated heterocycles. The van der Waals surface area contributed by atoms with Crippen molar-refractivity contribution in [2.24, 2.45) is 0 Å². The monoisotopic (exact) mass is 423 g/mol. The Bertz CT molecular complexity index is 886. The normalized spacial score (nSPS) is 23.7. The number of pyridine rings is 1. The van der Waals surface area contributed by atoms with Gasteiger partial charge in [0.25, 0.3) is 5.91 Å². The first-order valence-corrected chi connectivity index (χ1v) is 10.1. The molecule has 0 saturated carbocycles. The molecular weight excluding hydrogens is 399 g/mol. The van der Waals surface area contributed by atoms with Gasteiger partial charge in [-0.3, -0.25) is 9.78 Å². The van der Waals surface area contributed by atoms with Gasteiger partial charge in [-0.25, -0.2) is 4.68 Å².